The molecular weight excluding hydrogens is 296 g/mol. The lowest BCUT2D eigenvalue weighted by molar-refractivity contribution is -0.115. The Morgan fingerprint density at radius 1 is 1.18 bits per heavy atom. The molecule has 0 saturated heterocycles. The van der Waals surface area contributed by atoms with Crippen LogP contribution >= 0.6 is 11.6 Å². The van der Waals surface area contributed by atoms with Gasteiger partial charge in [-0.1, -0.05) is 35.9 Å². The van der Waals surface area contributed by atoms with E-state index in [0.717, 1.165) is 33.4 Å². The molecule has 0 bridgehead atoms. The molecule has 0 unspecified atom stereocenters. The third kappa shape index (κ3) is 2.85. The Balaban J connectivity index is 1.81. The maximum atomic E-state index is 12.3. The van der Waals surface area contributed by atoms with Crippen LogP contribution < -0.4 is 5.32 Å². The van der Waals surface area contributed by atoms with Crippen molar-refractivity contribution in [1.82, 2.24) is 4.98 Å². The second kappa shape index (κ2) is 5.85. The minimum absolute atomic E-state index is 0.0484. The monoisotopic (exact) mass is 312 g/mol. The summed E-state index contributed by atoms with van der Waals surface area (Å²) in [5.41, 5.74) is 4.83. The van der Waals surface area contributed by atoms with Crippen LogP contribution in [0.15, 0.2) is 42.5 Å². The van der Waals surface area contributed by atoms with E-state index in [9.17, 15) is 4.79 Å². The lowest BCUT2D eigenvalue weighted by Gasteiger charge is -2.07. The number of halogens is 1. The normalized spacial score (nSPS) is 10.9. The van der Waals surface area contributed by atoms with Gasteiger partial charge in [0.25, 0.3) is 0 Å². The van der Waals surface area contributed by atoms with Crippen LogP contribution in [0, 0.1) is 13.8 Å². The number of hydrogen-bond acceptors (Lipinski definition) is 1. The summed E-state index contributed by atoms with van der Waals surface area (Å²) in [7, 11) is 0. The van der Waals surface area contributed by atoms with Gasteiger partial charge >= 0.3 is 0 Å². The van der Waals surface area contributed by atoms with Gasteiger partial charge in [0.05, 0.1) is 6.42 Å². The highest BCUT2D eigenvalue weighted by Gasteiger charge is 2.12. The number of rotatable bonds is 3. The number of aromatic nitrogens is 1. The highest BCUT2D eigenvalue weighted by Crippen LogP contribution is 2.23. The first kappa shape index (κ1) is 14.7. The lowest BCUT2D eigenvalue weighted by atomic mass is 10.1. The summed E-state index contributed by atoms with van der Waals surface area (Å²) in [6.45, 7) is 3.93. The van der Waals surface area contributed by atoms with Crippen LogP contribution in [0.2, 0.25) is 5.02 Å². The summed E-state index contributed by atoms with van der Waals surface area (Å²) in [5, 5.41) is 4.65. The van der Waals surface area contributed by atoms with Gasteiger partial charge in [-0.05, 0) is 43.2 Å². The number of anilines is 1. The molecule has 0 fully saturated rings. The summed E-state index contributed by atoms with van der Waals surface area (Å²) in [6, 6.07) is 13.5. The molecular formula is C18H17ClN2O. The third-order valence-electron chi connectivity index (χ3n) is 3.82. The largest absolute Gasteiger partial charge is 0.358 e. The molecule has 112 valence electrons. The van der Waals surface area contributed by atoms with Crippen molar-refractivity contribution < 1.29 is 4.79 Å². The van der Waals surface area contributed by atoms with Crippen molar-refractivity contribution >= 4 is 34.1 Å². The first-order chi connectivity index (χ1) is 10.5. The number of carbonyl (C=O) groups excluding carboxylic acids is 1. The van der Waals surface area contributed by atoms with E-state index < -0.39 is 0 Å². The molecule has 3 rings (SSSR count). The Hall–Kier alpha value is -2.26. The van der Waals surface area contributed by atoms with E-state index in [0.29, 0.717) is 11.4 Å². The molecule has 3 aromatic rings. The van der Waals surface area contributed by atoms with Gasteiger partial charge in [0.2, 0.25) is 5.91 Å². The zero-order chi connectivity index (χ0) is 15.7. The summed E-state index contributed by atoms with van der Waals surface area (Å²) < 4.78 is 0. The number of fused-ring (bicyclic) bond motifs is 1. The highest BCUT2D eigenvalue weighted by molar-refractivity contribution is 6.31. The first-order valence-electron chi connectivity index (χ1n) is 7.17. The zero-order valence-corrected chi connectivity index (χ0v) is 13.3. The standard InChI is InChI=1S/C18H17ClN2O/c1-11-7-8-13(9-16(11)19)21-18(22)10-15-12(2)20-17-6-4-3-5-14(15)17/h3-9,20H,10H2,1-2H3,(H,21,22). The van der Waals surface area contributed by atoms with Crippen LogP contribution in [0.4, 0.5) is 5.69 Å². The molecule has 0 spiro atoms. The van der Waals surface area contributed by atoms with Crippen LogP contribution in [0.25, 0.3) is 10.9 Å². The quantitative estimate of drug-likeness (QED) is 0.728. The van der Waals surface area contributed by atoms with E-state index in [2.05, 4.69) is 10.3 Å². The number of amides is 1. The molecule has 1 heterocycles. The van der Waals surface area contributed by atoms with Crippen molar-refractivity contribution in [3.63, 3.8) is 0 Å². The Bertz CT molecular complexity index is 851. The second-order valence-electron chi connectivity index (χ2n) is 5.46. The Morgan fingerprint density at radius 3 is 2.73 bits per heavy atom. The molecule has 1 amide bonds. The van der Waals surface area contributed by atoms with E-state index in [4.69, 9.17) is 11.6 Å². The molecule has 4 heteroatoms. The SMILES string of the molecule is Cc1ccc(NC(=O)Cc2c(C)[nH]c3ccccc23)cc1Cl. The second-order valence-corrected chi connectivity index (χ2v) is 5.87. The molecule has 0 radical (unpaired) electrons. The van der Waals surface area contributed by atoms with Crippen molar-refractivity contribution in [1.29, 1.82) is 0 Å². The number of aromatic amines is 1. The van der Waals surface area contributed by atoms with E-state index in [-0.39, 0.29) is 5.91 Å². The van der Waals surface area contributed by atoms with E-state index >= 15 is 0 Å². The lowest BCUT2D eigenvalue weighted by Crippen LogP contribution is -2.14. The number of nitrogens with one attached hydrogen (secondary N) is 2. The molecule has 1 aromatic heterocycles. The van der Waals surface area contributed by atoms with Gasteiger partial charge < -0.3 is 10.3 Å². The van der Waals surface area contributed by atoms with E-state index in [1.165, 1.54) is 0 Å². The molecule has 0 aliphatic rings. The highest BCUT2D eigenvalue weighted by atomic mass is 35.5. The topological polar surface area (TPSA) is 44.9 Å². The van der Waals surface area contributed by atoms with Crippen LogP contribution in [0.1, 0.15) is 16.8 Å². The number of aryl methyl sites for hydroxylation is 2. The molecule has 2 aromatic carbocycles. The van der Waals surface area contributed by atoms with Crippen molar-refractivity contribution in [2.45, 2.75) is 20.3 Å². The molecule has 0 aliphatic heterocycles. The van der Waals surface area contributed by atoms with Crippen molar-refractivity contribution in [3.8, 4) is 0 Å². The Morgan fingerprint density at radius 2 is 1.95 bits per heavy atom. The van der Waals surface area contributed by atoms with Gasteiger partial charge in [-0.2, -0.15) is 0 Å². The number of benzene rings is 2. The molecule has 3 nitrogen and oxygen atoms in total. The molecule has 2 N–H and O–H groups in total. The van der Waals surface area contributed by atoms with Crippen LogP contribution in [-0.2, 0) is 11.2 Å². The smallest absolute Gasteiger partial charge is 0.228 e. The molecule has 0 atom stereocenters. The summed E-state index contributed by atoms with van der Waals surface area (Å²) in [4.78, 5) is 15.6. The summed E-state index contributed by atoms with van der Waals surface area (Å²) in [6.07, 6.45) is 0.335. The van der Waals surface area contributed by atoms with Gasteiger partial charge in [-0.25, -0.2) is 0 Å². The average Bonchev–Trinajstić information content (AvgIpc) is 2.79. The van der Waals surface area contributed by atoms with Gasteiger partial charge in [0, 0.05) is 27.3 Å². The summed E-state index contributed by atoms with van der Waals surface area (Å²) >= 11 is 6.09. The average molecular weight is 313 g/mol. The van der Waals surface area contributed by atoms with Gasteiger partial charge in [0.1, 0.15) is 0 Å². The predicted molar refractivity (Wildman–Crippen MR) is 91.6 cm³/mol. The predicted octanol–water partition coefficient (Wildman–Crippen LogP) is 4.62. The third-order valence-corrected chi connectivity index (χ3v) is 4.23. The van der Waals surface area contributed by atoms with E-state index in [1.807, 2.05) is 50.2 Å². The number of para-hydroxylation sites is 1. The van der Waals surface area contributed by atoms with Gasteiger partial charge in [0.15, 0.2) is 0 Å². The zero-order valence-electron chi connectivity index (χ0n) is 12.5. The van der Waals surface area contributed by atoms with E-state index in [1.54, 1.807) is 6.07 Å². The van der Waals surface area contributed by atoms with Gasteiger partial charge in [-0.3, -0.25) is 4.79 Å². The molecule has 0 saturated carbocycles. The van der Waals surface area contributed by atoms with Gasteiger partial charge in [-0.15, -0.1) is 0 Å². The fourth-order valence-electron chi connectivity index (χ4n) is 2.60. The van der Waals surface area contributed by atoms with Crippen LogP contribution in [-0.4, -0.2) is 10.9 Å². The molecule has 22 heavy (non-hydrogen) atoms. The maximum absolute atomic E-state index is 12.3. The molecule has 0 aliphatic carbocycles. The Labute approximate surface area is 134 Å². The number of H-pyrrole nitrogens is 1. The van der Waals surface area contributed by atoms with Crippen molar-refractivity contribution in [2.75, 3.05) is 5.32 Å². The van der Waals surface area contributed by atoms with Crippen LogP contribution in [0.3, 0.4) is 0 Å². The number of hydrogen-bond donors (Lipinski definition) is 2. The maximum Gasteiger partial charge on any atom is 0.228 e. The Kier molecular flexibility index (Phi) is 3.90. The first-order valence-corrected chi connectivity index (χ1v) is 7.54. The minimum atomic E-state index is -0.0484. The van der Waals surface area contributed by atoms with Crippen molar-refractivity contribution in [2.24, 2.45) is 0 Å². The summed E-state index contributed by atoms with van der Waals surface area (Å²) in [5.74, 6) is -0.0484. The fourth-order valence-corrected chi connectivity index (χ4v) is 2.78. The van der Waals surface area contributed by atoms with Crippen LogP contribution in [0.5, 0.6) is 0 Å². The fraction of sp³-hybridized carbons (Fsp3) is 0.167. The van der Waals surface area contributed by atoms with Crippen molar-refractivity contribution in [3.05, 3.63) is 64.3 Å². The minimum Gasteiger partial charge on any atom is -0.358 e. The number of carbonyl (C=O) groups is 1.